The summed E-state index contributed by atoms with van der Waals surface area (Å²) < 4.78 is 37.5. The van der Waals surface area contributed by atoms with E-state index in [1.165, 1.54) is 18.2 Å². The van der Waals surface area contributed by atoms with Gasteiger partial charge in [-0.25, -0.2) is 8.42 Å². The number of fused-ring (bicyclic) bond motifs is 1. The SMILES string of the molecule is O=S(=O)([O-])c1cccc2c(SOO[O-])cccc12. The highest BCUT2D eigenvalue weighted by Crippen LogP contribution is 2.31. The minimum Gasteiger partial charge on any atom is -0.744 e. The minimum atomic E-state index is -4.56. The van der Waals surface area contributed by atoms with E-state index in [9.17, 15) is 18.2 Å². The molecule has 0 fully saturated rings. The first kappa shape index (κ1) is 13.3. The Hall–Kier alpha value is -1.16. The van der Waals surface area contributed by atoms with Crippen molar-refractivity contribution in [3.8, 4) is 0 Å². The molecular weight excluding hydrogens is 280 g/mol. The predicted octanol–water partition coefficient (Wildman–Crippen LogP) is 0.975. The number of hydrogen-bond acceptors (Lipinski definition) is 7. The highest BCUT2D eigenvalue weighted by molar-refractivity contribution is 7.94. The van der Waals surface area contributed by atoms with Gasteiger partial charge in [0.25, 0.3) is 0 Å². The van der Waals surface area contributed by atoms with Gasteiger partial charge in [-0.1, -0.05) is 24.3 Å². The molecule has 0 aliphatic carbocycles. The van der Waals surface area contributed by atoms with Gasteiger partial charge < -0.3 is 9.81 Å². The zero-order chi connectivity index (χ0) is 13.2. The van der Waals surface area contributed by atoms with E-state index in [0.717, 1.165) is 0 Å². The smallest absolute Gasteiger partial charge is 0.125 e. The maximum atomic E-state index is 11.1. The lowest BCUT2D eigenvalue weighted by molar-refractivity contribution is -0.777. The molecular formula is C10H6O6S2-2. The molecule has 96 valence electrons. The molecule has 2 aromatic carbocycles. The molecule has 18 heavy (non-hydrogen) atoms. The first-order valence-corrected chi connectivity index (χ1v) is 6.80. The van der Waals surface area contributed by atoms with Crippen molar-refractivity contribution in [1.82, 2.24) is 0 Å². The van der Waals surface area contributed by atoms with Gasteiger partial charge >= 0.3 is 0 Å². The fourth-order valence-corrected chi connectivity index (χ4v) is 2.79. The van der Waals surface area contributed by atoms with Crippen molar-refractivity contribution in [1.29, 1.82) is 0 Å². The Morgan fingerprint density at radius 2 is 1.72 bits per heavy atom. The van der Waals surface area contributed by atoms with Crippen LogP contribution in [0.25, 0.3) is 10.8 Å². The Morgan fingerprint density at radius 3 is 2.39 bits per heavy atom. The summed E-state index contributed by atoms with van der Waals surface area (Å²) in [6, 6.07) is 8.93. The Kier molecular flexibility index (Phi) is 3.85. The average molecular weight is 286 g/mol. The fraction of sp³-hybridized carbons (Fsp3) is 0. The summed E-state index contributed by atoms with van der Waals surface area (Å²) in [5, 5.41) is 13.8. The summed E-state index contributed by atoms with van der Waals surface area (Å²) in [5.41, 5.74) is 0. The number of benzene rings is 2. The van der Waals surface area contributed by atoms with Crippen LogP contribution in [0.4, 0.5) is 0 Å². The number of rotatable bonds is 4. The topological polar surface area (TPSA) is 98.7 Å². The molecule has 0 spiro atoms. The molecule has 0 aliphatic heterocycles. The highest BCUT2D eigenvalue weighted by Gasteiger charge is 2.09. The largest absolute Gasteiger partial charge is 0.744 e. The van der Waals surface area contributed by atoms with Crippen LogP contribution in [0, 0.1) is 0 Å². The van der Waals surface area contributed by atoms with E-state index < -0.39 is 10.1 Å². The third kappa shape index (κ3) is 2.64. The fourth-order valence-electron chi connectivity index (χ4n) is 1.59. The third-order valence-corrected chi connectivity index (χ3v) is 3.82. The van der Waals surface area contributed by atoms with Gasteiger partial charge in [-0.2, -0.15) is 4.33 Å². The molecule has 2 aromatic rings. The Balaban J connectivity index is 2.66. The molecule has 0 aromatic heterocycles. The summed E-state index contributed by atoms with van der Waals surface area (Å²) in [7, 11) is -4.56. The van der Waals surface area contributed by atoms with Crippen molar-refractivity contribution in [2.45, 2.75) is 9.79 Å². The van der Waals surface area contributed by atoms with Crippen LogP contribution >= 0.6 is 12.0 Å². The van der Waals surface area contributed by atoms with E-state index in [1.54, 1.807) is 18.2 Å². The van der Waals surface area contributed by atoms with Crippen molar-refractivity contribution >= 4 is 32.9 Å². The summed E-state index contributed by atoms with van der Waals surface area (Å²) >= 11 is 0.638. The Labute approximate surface area is 107 Å². The second-order valence-electron chi connectivity index (χ2n) is 3.28. The van der Waals surface area contributed by atoms with E-state index >= 15 is 0 Å². The first-order chi connectivity index (χ1) is 8.54. The average Bonchev–Trinajstić information content (AvgIpc) is 2.34. The minimum absolute atomic E-state index is 0.270. The molecule has 6 nitrogen and oxygen atoms in total. The summed E-state index contributed by atoms with van der Waals surface area (Å²) in [6.45, 7) is 0. The van der Waals surface area contributed by atoms with E-state index in [2.05, 4.69) is 9.37 Å². The van der Waals surface area contributed by atoms with Crippen molar-refractivity contribution < 1.29 is 27.6 Å². The highest BCUT2D eigenvalue weighted by atomic mass is 32.2. The van der Waals surface area contributed by atoms with Crippen molar-refractivity contribution in [2.24, 2.45) is 0 Å². The van der Waals surface area contributed by atoms with Crippen LogP contribution in [0.15, 0.2) is 46.2 Å². The van der Waals surface area contributed by atoms with Crippen molar-refractivity contribution in [3.63, 3.8) is 0 Å². The van der Waals surface area contributed by atoms with Crippen LogP contribution in [0.2, 0.25) is 0 Å². The first-order valence-electron chi connectivity index (χ1n) is 4.65. The summed E-state index contributed by atoms with van der Waals surface area (Å²) in [4.78, 5) is 0.152. The second-order valence-corrected chi connectivity index (χ2v) is 5.37. The molecule has 8 heteroatoms. The van der Waals surface area contributed by atoms with Crippen LogP contribution in [0.3, 0.4) is 0 Å². The standard InChI is InChI=1S/C10H8O6S2/c11-15-16-17-9-5-1-4-8-7(9)3-2-6-10(8)18(12,13)14/h1-6,11H,(H,12,13,14)/p-2. The molecule has 0 radical (unpaired) electrons. The molecule has 0 saturated carbocycles. The van der Waals surface area contributed by atoms with E-state index in [4.69, 9.17) is 0 Å². The van der Waals surface area contributed by atoms with Crippen LogP contribution in [-0.2, 0) is 19.5 Å². The van der Waals surface area contributed by atoms with Gasteiger partial charge in [0.1, 0.15) is 10.1 Å². The lowest BCUT2D eigenvalue weighted by Crippen LogP contribution is -2.01. The molecule has 2 rings (SSSR count). The lowest BCUT2D eigenvalue weighted by atomic mass is 10.1. The van der Waals surface area contributed by atoms with Gasteiger partial charge in [-0.15, -0.1) is 0 Å². The van der Waals surface area contributed by atoms with Gasteiger partial charge in [0.15, 0.2) is 0 Å². The quantitative estimate of drug-likeness (QED) is 0.357. The zero-order valence-electron chi connectivity index (χ0n) is 8.73. The van der Waals surface area contributed by atoms with Crippen LogP contribution in [0.1, 0.15) is 0 Å². The Morgan fingerprint density at radius 1 is 1.06 bits per heavy atom. The molecule has 0 saturated heterocycles. The van der Waals surface area contributed by atoms with Crippen molar-refractivity contribution in [3.05, 3.63) is 36.4 Å². The van der Waals surface area contributed by atoms with Gasteiger partial charge in [0, 0.05) is 10.3 Å². The van der Waals surface area contributed by atoms with Crippen LogP contribution in [-0.4, -0.2) is 13.0 Å². The van der Waals surface area contributed by atoms with Gasteiger partial charge in [0.2, 0.25) is 0 Å². The zero-order valence-corrected chi connectivity index (χ0v) is 10.4. The molecule has 0 aliphatic rings. The van der Waals surface area contributed by atoms with E-state index in [1.807, 2.05) is 0 Å². The molecule has 0 bridgehead atoms. The van der Waals surface area contributed by atoms with Gasteiger partial charge in [0.05, 0.1) is 16.9 Å². The molecule has 0 atom stereocenters. The van der Waals surface area contributed by atoms with E-state index in [0.29, 0.717) is 22.3 Å². The lowest BCUT2D eigenvalue weighted by Gasteiger charge is -2.12. The van der Waals surface area contributed by atoms with Crippen molar-refractivity contribution in [2.75, 3.05) is 0 Å². The maximum absolute atomic E-state index is 11.1. The summed E-state index contributed by atoms with van der Waals surface area (Å²) in [6.07, 6.45) is 0. The molecule has 0 amide bonds. The third-order valence-electron chi connectivity index (χ3n) is 2.26. The molecule has 0 N–H and O–H groups in total. The molecule has 0 heterocycles. The van der Waals surface area contributed by atoms with Crippen LogP contribution < -0.4 is 5.26 Å². The number of hydrogen-bond donors (Lipinski definition) is 0. The monoisotopic (exact) mass is 286 g/mol. The second kappa shape index (κ2) is 5.22. The van der Waals surface area contributed by atoms with E-state index in [-0.39, 0.29) is 10.3 Å². The van der Waals surface area contributed by atoms with Crippen LogP contribution in [0.5, 0.6) is 0 Å². The molecule has 0 unspecified atom stereocenters. The normalized spacial score (nSPS) is 11.9. The Bertz CT molecular complexity index is 667. The maximum Gasteiger partial charge on any atom is 0.125 e. The predicted molar refractivity (Wildman–Crippen MR) is 59.9 cm³/mol. The van der Waals surface area contributed by atoms with Gasteiger partial charge in [-0.05, 0) is 17.5 Å². The van der Waals surface area contributed by atoms with Gasteiger partial charge in [-0.3, -0.25) is 5.04 Å². The summed E-state index contributed by atoms with van der Waals surface area (Å²) in [5.74, 6) is 0.